The zero-order valence-corrected chi connectivity index (χ0v) is 17.1. The molecule has 0 fully saturated rings. The van der Waals surface area contributed by atoms with Crippen LogP contribution in [0.15, 0.2) is 24.3 Å². The highest BCUT2D eigenvalue weighted by Crippen LogP contribution is 2.14. The van der Waals surface area contributed by atoms with Gasteiger partial charge in [-0.1, -0.05) is 64.7 Å². The summed E-state index contributed by atoms with van der Waals surface area (Å²) in [6.45, 7) is 2.96. The quantitative estimate of drug-likeness (QED) is 0.395. The maximum absolute atomic E-state index is 10.7. The van der Waals surface area contributed by atoms with E-state index in [2.05, 4.69) is 6.92 Å². The zero-order valence-electron chi connectivity index (χ0n) is 16.3. The van der Waals surface area contributed by atoms with Crippen molar-refractivity contribution in [3.63, 3.8) is 0 Å². The number of carbonyl (C=O) groups is 1. The number of hydrogen-bond acceptors (Lipinski definition) is 3. The first-order valence-electron chi connectivity index (χ1n) is 9.52. The summed E-state index contributed by atoms with van der Waals surface area (Å²) in [7, 11) is 0. The standard InChI is InChI=1S/C19H30O3.C2H6S/c1-2-3-4-5-6-7-8-9-10-11-16-22-18-14-12-17(13-15-18)19(20)21;1-3-2/h12-15H,2-11,16H2,1H3,(H,20,21);1-2H3. The largest absolute Gasteiger partial charge is 0.494 e. The van der Waals surface area contributed by atoms with Crippen molar-refractivity contribution < 1.29 is 14.6 Å². The first-order valence-corrected chi connectivity index (χ1v) is 11.1. The van der Waals surface area contributed by atoms with Gasteiger partial charge in [0.1, 0.15) is 5.75 Å². The third kappa shape index (κ3) is 14.9. The van der Waals surface area contributed by atoms with Crippen molar-refractivity contribution in [1.82, 2.24) is 0 Å². The van der Waals surface area contributed by atoms with Gasteiger partial charge in [-0.05, 0) is 43.2 Å². The first-order chi connectivity index (χ1) is 12.2. The lowest BCUT2D eigenvalue weighted by molar-refractivity contribution is 0.0697. The monoisotopic (exact) mass is 368 g/mol. The van der Waals surface area contributed by atoms with Gasteiger partial charge in [-0.15, -0.1) is 0 Å². The fourth-order valence-electron chi connectivity index (χ4n) is 2.47. The van der Waals surface area contributed by atoms with Crippen molar-refractivity contribution in [2.45, 2.75) is 71.1 Å². The summed E-state index contributed by atoms with van der Waals surface area (Å²) in [5.74, 6) is -0.151. The first kappa shape index (κ1) is 23.8. The van der Waals surface area contributed by atoms with Crippen LogP contribution in [0.2, 0.25) is 0 Å². The van der Waals surface area contributed by atoms with E-state index in [9.17, 15) is 4.79 Å². The van der Waals surface area contributed by atoms with E-state index in [0.29, 0.717) is 12.2 Å². The van der Waals surface area contributed by atoms with Crippen molar-refractivity contribution in [3.8, 4) is 5.75 Å². The molecular formula is C21H36O3S. The highest BCUT2D eigenvalue weighted by molar-refractivity contribution is 7.97. The second kappa shape index (κ2) is 17.7. The van der Waals surface area contributed by atoms with Gasteiger partial charge in [-0.25, -0.2) is 4.79 Å². The Morgan fingerprint density at radius 2 is 1.32 bits per heavy atom. The third-order valence-corrected chi connectivity index (χ3v) is 3.87. The third-order valence-electron chi connectivity index (χ3n) is 3.87. The van der Waals surface area contributed by atoms with E-state index in [-0.39, 0.29) is 0 Å². The van der Waals surface area contributed by atoms with Crippen molar-refractivity contribution in [1.29, 1.82) is 0 Å². The Balaban J connectivity index is 0.00000178. The molecule has 0 aliphatic carbocycles. The summed E-state index contributed by atoms with van der Waals surface area (Å²) in [6, 6.07) is 6.60. The normalized spacial score (nSPS) is 10.0. The van der Waals surface area contributed by atoms with Gasteiger partial charge in [-0.3, -0.25) is 0 Å². The number of aromatic carboxylic acids is 1. The van der Waals surface area contributed by atoms with Crippen LogP contribution in [0.25, 0.3) is 0 Å². The molecule has 0 aliphatic rings. The molecule has 0 bridgehead atoms. The molecule has 1 rings (SSSR count). The van der Waals surface area contributed by atoms with E-state index in [1.54, 1.807) is 36.0 Å². The number of unbranched alkanes of at least 4 members (excludes halogenated alkanes) is 9. The van der Waals surface area contributed by atoms with Crippen molar-refractivity contribution in [2.75, 3.05) is 19.1 Å². The Kier molecular flexibility index (Phi) is 16.8. The summed E-state index contributed by atoms with van der Waals surface area (Å²) in [5.41, 5.74) is 0.297. The number of carboxylic acids is 1. The molecular weight excluding hydrogens is 332 g/mol. The molecule has 0 heterocycles. The molecule has 0 radical (unpaired) electrons. The van der Waals surface area contributed by atoms with Gasteiger partial charge < -0.3 is 9.84 Å². The lowest BCUT2D eigenvalue weighted by atomic mass is 10.1. The molecule has 1 N–H and O–H groups in total. The predicted octanol–water partition coefficient (Wildman–Crippen LogP) is 6.66. The molecule has 3 nitrogen and oxygen atoms in total. The lowest BCUT2D eigenvalue weighted by Crippen LogP contribution is -1.99. The summed E-state index contributed by atoms with van der Waals surface area (Å²) in [5, 5.41) is 8.81. The number of rotatable bonds is 13. The Morgan fingerprint density at radius 1 is 0.880 bits per heavy atom. The molecule has 1 aromatic rings. The van der Waals surface area contributed by atoms with Crippen molar-refractivity contribution in [3.05, 3.63) is 29.8 Å². The average Bonchev–Trinajstić information content (AvgIpc) is 2.61. The van der Waals surface area contributed by atoms with Crippen LogP contribution < -0.4 is 4.74 Å². The Hall–Kier alpha value is -1.16. The van der Waals surface area contributed by atoms with Crippen LogP contribution in [0.4, 0.5) is 0 Å². The van der Waals surface area contributed by atoms with Crippen LogP contribution in [0.3, 0.4) is 0 Å². The minimum Gasteiger partial charge on any atom is -0.494 e. The Bertz CT molecular complexity index is 418. The summed E-state index contributed by atoms with van der Waals surface area (Å²) in [6.07, 6.45) is 17.2. The highest BCUT2D eigenvalue weighted by Gasteiger charge is 2.01. The van der Waals surface area contributed by atoms with Crippen LogP contribution >= 0.6 is 11.8 Å². The minimum atomic E-state index is -0.902. The molecule has 0 aromatic heterocycles. The molecule has 0 saturated carbocycles. The second-order valence-corrected chi connectivity index (χ2v) is 7.08. The zero-order chi connectivity index (χ0) is 18.8. The Morgan fingerprint density at radius 3 is 1.76 bits per heavy atom. The molecule has 0 aliphatic heterocycles. The number of carboxylic acid groups (broad SMARTS) is 1. The molecule has 1 aromatic carbocycles. The Labute approximate surface area is 158 Å². The maximum atomic E-state index is 10.7. The van der Waals surface area contributed by atoms with E-state index in [0.717, 1.165) is 12.2 Å². The number of benzene rings is 1. The molecule has 4 heteroatoms. The van der Waals surface area contributed by atoms with Crippen LogP contribution in [0.5, 0.6) is 5.75 Å². The summed E-state index contributed by atoms with van der Waals surface area (Å²) >= 11 is 1.75. The van der Waals surface area contributed by atoms with E-state index < -0.39 is 5.97 Å². The van der Waals surface area contributed by atoms with Gasteiger partial charge in [-0.2, -0.15) is 11.8 Å². The molecule has 0 atom stereocenters. The van der Waals surface area contributed by atoms with E-state index in [4.69, 9.17) is 9.84 Å². The topological polar surface area (TPSA) is 46.5 Å². The number of ether oxygens (including phenoxy) is 1. The van der Waals surface area contributed by atoms with Gasteiger partial charge >= 0.3 is 5.97 Å². The van der Waals surface area contributed by atoms with Gasteiger partial charge in [0.15, 0.2) is 0 Å². The average molecular weight is 369 g/mol. The lowest BCUT2D eigenvalue weighted by Gasteiger charge is -2.06. The van der Waals surface area contributed by atoms with Crippen LogP contribution in [0, 0.1) is 0 Å². The maximum Gasteiger partial charge on any atom is 0.335 e. The summed E-state index contributed by atoms with van der Waals surface area (Å²) in [4.78, 5) is 10.7. The van der Waals surface area contributed by atoms with Crippen molar-refractivity contribution in [2.24, 2.45) is 0 Å². The number of hydrogen-bond donors (Lipinski definition) is 1. The fourth-order valence-corrected chi connectivity index (χ4v) is 2.47. The summed E-state index contributed by atoms with van der Waals surface area (Å²) < 4.78 is 5.62. The van der Waals surface area contributed by atoms with Crippen LogP contribution in [-0.4, -0.2) is 30.2 Å². The second-order valence-electron chi connectivity index (χ2n) is 6.27. The van der Waals surface area contributed by atoms with Crippen LogP contribution in [0.1, 0.15) is 81.5 Å². The molecule has 0 saturated heterocycles. The van der Waals surface area contributed by atoms with E-state index in [1.807, 2.05) is 12.5 Å². The predicted molar refractivity (Wildman–Crippen MR) is 110 cm³/mol. The SMILES string of the molecule is CCCCCCCCCCCCOc1ccc(C(=O)O)cc1.CSC. The van der Waals surface area contributed by atoms with Gasteiger partial charge in [0.05, 0.1) is 12.2 Å². The number of thioether (sulfide) groups is 1. The molecule has 25 heavy (non-hydrogen) atoms. The van der Waals surface area contributed by atoms with Crippen molar-refractivity contribution >= 4 is 17.7 Å². The highest BCUT2D eigenvalue weighted by atomic mass is 32.2. The molecule has 144 valence electrons. The molecule has 0 unspecified atom stereocenters. The van der Waals surface area contributed by atoms with Gasteiger partial charge in [0.2, 0.25) is 0 Å². The van der Waals surface area contributed by atoms with E-state index in [1.165, 1.54) is 57.8 Å². The smallest absolute Gasteiger partial charge is 0.335 e. The molecule has 0 amide bonds. The van der Waals surface area contributed by atoms with Gasteiger partial charge in [0.25, 0.3) is 0 Å². The van der Waals surface area contributed by atoms with E-state index >= 15 is 0 Å². The fraction of sp³-hybridized carbons (Fsp3) is 0.667. The minimum absolute atomic E-state index is 0.297. The van der Waals surface area contributed by atoms with Crippen LogP contribution in [-0.2, 0) is 0 Å². The van der Waals surface area contributed by atoms with Gasteiger partial charge in [0, 0.05) is 0 Å². The molecule has 0 spiro atoms.